The molecule has 21 heavy (non-hydrogen) atoms. The Hall–Kier alpha value is -1.88. The van der Waals surface area contributed by atoms with Crippen molar-refractivity contribution in [3.05, 3.63) is 29.8 Å². The fourth-order valence-corrected chi connectivity index (χ4v) is 1.97. The maximum absolute atomic E-state index is 11.8. The SMILES string of the molecule is Cc1ccccc1NC(=O)CNCCC(C)CCC(=O)O. The van der Waals surface area contributed by atoms with Crippen molar-refractivity contribution in [2.75, 3.05) is 18.4 Å². The van der Waals surface area contributed by atoms with Crippen LogP contribution in [-0.4, -0.2) is 30.1 Å². The third-order valence-electron chi connectivity index (χ3n) is 3.37. The average molecular weight is 292 g/mol. The molecule has 0 fully saturated rings. The van der Waals surface area contributed by atoms with Gasteiger partial charge < -0.3 is 15.7 Å². The number of carboxylic acid groups (broad SMARTS) is 1. The Labute approximate surface area is 125 Å². The number of hydrogen-bond acceptors (Lipinski definition) is 3. The van der Waals surface area contributed by atoms with Gasteiger partial charge in [0.05, 0.1) is 6.54 Å². The largest absolute Gasteiger partial charge is 0.481 e. The minimum Gasteiger partial charge on any atom is -0.481 e. The van der Waals surface area contributed by atoms with Gasteiger partial charge in [0.25, 0.3) is 0 Å². The lowest BCUT2D eigenvalue weighted by molar-refractivity contribution is -0.137. The summed E-state index contributed by atoms with van der Waals surface area (Å²) in [6, 6.07) is 7.65. The number of para-hydroxylation sites is 1. The standard InChI is InChI=1S/C16H24N2O3/c1-12(7-8-16(20)21)9-10-17-11-15(19)18-14-6-4-3-5-13(14)2/h3-6,12,17H,7-11H2,1-2H3,(H,18,19)(H,20,21). The first-order valence-electron chi connectivity index (χ1n) is 7.27. The van der Waals surface area contributed by atoms with E-state index in [4.69, 9.17) is 5.11 Å². The van der Waals surface area contributed by atoms with Crippen LogP contribution in [0.1, 0.15) is 31.7 Å². The van der Waals surface area contributed by atoms with E-state index in [-0.39, 0.29) is 18.9 Å². The number of rotatable bonds is 9. The smallest absolute Gasteiger partial charge is 0.303 e. The van der Waals surface area contributed by atoms with Gasteiger partial charge >= 0.3 is 5.97 Å². The van der Waals surface area contributed by atoms with Crippen LogP contribution in [0.2, 0.25) is 0 Å². The predicted molar refractivity (Wildman–Crippen MR) is 83.3 cm³/mol. The van der Waals surface area contributed by atoms with Gasteiger partial charge in [0.2, 0.25) is 5.91 Å². The number of benzene rings is 1. The Kier molecular flexibility index (Phi) is 7.46. The van der Waals surface area contributed by atoms with Crippen LogP contribution in [0.25, 0.3) is 0 Å². The van der Waals surface area contributed by atoms with Gasteiger partial charge in [0.15, 0.2) is 0 Å². The van der Waals surface area contributed by atoms with Gasteiger partial charge in [-0.25, -0.2) is 0 Å². The molecule has 0 aliphatic carbocycles. The van der Waals surface area contributed by atoms with E-state index in [0.29, 0.717) is 18.9 Å². The third kappa shape index (κ3) is 7.46. The van der Waals surface area contributed by atoms with Crippen molar-refractivity contribution in [2.45, 2.75) is 33.1 Å². The topological polar surface area (TPSA) is 78.4 Å². The van der Waals surface area contributed by atoms with E-state index in [1.165, 1.54) is 0 Å². The predicted octanol–water partition coefficient (Wildman–Crippen LogP) is 2.41. The average Bonchev–Trinajstić information content (AvgIpc) is 2.44. The zero-order valence-electron chi connectivity index (χ0n) is 12.7. The highest BCUT2D eigenvalue weighted by Gasteiger charge is 2.07. The van der Waals surface area contributed by atoms with Crippen molar-refractivity contribution < 1.29 is 14.7 Å². The third-order valence-corrected chi connectivity index (χ3v) is 3.37. The summed E-state index contributed by atoms with van der Waals surface area (Å²) in [5.74, 6) is -0.483. The number of carbonyl (C=O) groups is 2. The first-order valence-corrected chi connectivity index (χ1v) is 7.27. The van der Waals surface area contributed by atoms with Crippen molar-refractivity contribution in [1.82, 2.24) is 5.32 Å². The van der Waals surface area contributed by atoms with Crippen molar-refractivity contribution in [1.29, 1.82) is 0 Å². The van der Waals surface area contributed by atoms with E-state index >= 15 is 0 Å². The quantitative estimate of drug-likeness (QED) is 0.611. The van der Waals surface area contributed by atoms with Gasteiger partial charge in [-0.1, -0.05) is 25.1 Å². The van der Waals surface area contributed by atoms with Crippen molar-refractivity contribution in [2.24, 2.45) is 5.92 Å². The molecule has 1 unspecified atom stereocenters. The summed E-state index contributed by atoms with van der Waals surface area (Å²) in [4.78, 5) is 22.2. The van der Waals surface area contributed by atoms with Crippen molar-refractivity contribution in [3.8, 4) is 0 Å². The Morgan fingerprint density at radius 2 is 1.95 bits per heavy atom. The zero-order valence-corrected chi connectivity index (χ0v) is 12.7. The monoisotopic (exact) mass is 292 g/mol. The van der Waals surface area contributed by atoms with Crippen molar-refractivity contribution >= 4 is 17.6 Å². The summed E-state index contributed by atoms with van der Waals surface area (Å²) in [5, 5.41) is 14.5. The molecule has 0 radical (unpaired) electrons. The van der Waals surface area contributed by atoms with Crippen LogP contribution >= 0.6 is 0 Å². The molecule has 0 saturated heterocycles. The lowest BCUT2D eigenvalue weighted by atomic mass is 10.0. The fourth-order valence-electron chi connectivity index (χ4n) is 1.97. The highest BCUT2D eigenvalue weighted by Crippen LogP contribution is 2.12. The van der Waals surface area contributed by atoms with E-state index in [0.717, 1.165) is 17.7 Å². The van der Waals surface area contributed by atoms with Crippen LogP contribution in [-0.2, 0) is 9.59 Å². The van der Waals surface area contributed by atoms with E-state index < -0.39 is 5.97 Å². The molecule has 5 nitrogen and oxygen atoms in total. The van der Waals surface area contributed by atoms with E-state index in [1.54, 1.807) is 0 Å². The Morgan fingerprint density at radius 1 is 1.24 bits per heavy atom. The minimum atomic E-state index is -0.757. The molecule has 0 aromatic heterocycles. The molecule has 0 bridgehead atoms. The second-order valence-electron chi connectivity index (χ2n) is 5.37. The van der Waals surface area contributed by atoms with Crippen LogP contribution in [0.4, 0.5) is 5.69 Å². The second-order valence-corrected chi connectivity index (χ2v) is 5.37. The molecule has 0 aliphatic heterocycles. The van der Waals surface area contributed by atoms with Crippen molar-refractivity contribution in [3.63, 3.8) is 0 Å². The van der Waals surface area contributed by atoms with Gasteiger partial charge in [-0.2, -0.15) is 0 Å². The fraction of sp³-hybridized carbons (Fsp3) is 0.500. The molecule has 0 aliphatic rings. The molecule has 5 heteroatoms. The molecule has 1 amide bonds. The number of hydrogen-bond donors (Lipinski definition) is 3. The van der Waals surface area contributed by atoms with E-state index in [2.05, 4.69) is 10.6 Å². The summed E-state index contributed by atoms with van der Waals surface area (Å²) < 4.78 is 0. The highest BCUT2D eigenvalue weighted by atomic mass is 16.4. The summed E-state index contributed by atoms with van der Waals surface area (Å²) in [7, 11) is 0. The summed E-state index contributed by atoms with van der Waals surface area (Å²) in [6.07, 6.45) is 1.74. The highest BCUT2D eigenvalue weighted by molar-refractivity contribution is 5.92. The van der Waals surface area contributed by atoms with Crippen LogP contribution < -0.4 is 10.6 Å². The normalized spacial score (nSPS) is 11.9. The molecule has 1 aromatic rings. The van der Waals surface area contributed by atoms with E-state index in [1.807, 2.05) is 38.1 Å². The number of aryl methyl sites for hydroxylation is 1. The second kappa shape index (κ2) is 9.13. The number of carbonyl (C=O) groups excluding carboxylic acids is 1. The lowest BCUT2D eigenvalue weighted by Crippen LogP contribution is -2.29. The number of aliphatic carboxylic acids is 1. The Balaban J connectivity index is 2.16. The van der Waals surface area contributed by atoms with E-state index in [9.17, 15) is 9.59 Å². The zero-order chi connectivity index (χ0) is 15.7. The summed E-state index contributed by atoms with van der Waals surface area (Å²) >= 11 is 0. The first-order chi connectivity index (χ1) is 9.99. The maximum atomic E-state index is 11.8. The van der Waals surface area contributed by atoms with Crippen LogP contribution in [0, 0.1) is 12.8 Å². The maximum Gasteiger partial charge on any atom is 0.303 e. The summed E-state index contributed by atoms with van der Waals surface area (Å²) in [6.45, 7) is 4.95. The molecule has 1 aromatic carbocycles. The molecule has 3 N–H and O–H groups in total. The van der Waals surface area contributed by atoms with Gasteiger partial charge in [0.1, 0.15) is 0 Å². The van der Waals surface area contributed by atoms with Gasteiger partial charge in [0, 0.05) is 12.1 Å². The molecule has 1 atom stereocenters. The number of amides is 1. The van der Waals surface area contributed by atoms with Crippen LogP contribution in [0.15, 0.2) is 24.3 Å². The molecule has 1 rings (SSSR count). The molecule has 0 spiro atoms. The summed E-state index contributed by atoms with van der Waals surface area (Å²) in [5.41, 5.74) is 1.87. The first kappa shape index (κ1) is 17.2. The van der Waals surface area contributed by atoms with Gasteiger partial charge in [-0.05, 0) is 43.9 Å². The molecule has 0 heterocycles. The molecule has 116 valence electrons. The van der Waals surface area contributed by atoms with Gasteiger partial charge in [-0.3, -0.25) is 9.59 Å². The molecular weight excluding hydrogens is 268 g/mol. The Morgan fingerprint density at radius 3 is 2.62 bits per heavy atom. The number of nitrogens with one attached hydrogen (secondary N) is 2. The number of anilines is 1. The van der Waals surface area contributed by atoms with Crippen LogP contribution in [0.3, 0.4) is 0 Å². The number of carboxylic acids is 1. The molecule has 0 saturated carbocycles. The lowest BCUT2D eigenvalue weighted by Gasteiger charge is -2.11. The van der Waals surface area contributed by atoms with Crippen LogP contribution in [0.5, 0.6) is 0 Å². The Bertz CT molecular complexity index is 474. The van der Waals surface area contributed by atoms with Gasteiger partial charge in [-0.15, -0.1) is 0 Å². The molecular formula is C16H24N2O3. The minimum absolute atomic E-state index is 0.0671.